The van der Waals surface area contributed by atoms with Gasteiger partial charge in [0, 0.05) is 43.2 Å². The van der Waals surface area contributed by atoms with Crippen molar-refractivity contribution >= 4 is 46.0 Å². The summed E-state index contributed by atoms with van der Waals surface area (Å²) in [4.78, 5) is 42.2. The zero-order valence-electron chi connectivity index (χ0n) is 21.3. The maximum absolute atomic E-state index is 13.6. The number of rotatable bonds is 5. The maximum Gasteiger partial charge on any atom is 0.259 e. The number of para-hydroxylation sites is 2. The molecule has 0 bridgehead atoms. The average molecular weight is 524 g/mol. The molecular weight excluding hydrogens is 494 g/mol. The molecule has 1 fully saturated rings. The Morgan fingerprint density at radius 3 is 2.39 bits per heavy atom. The van der Waals surface area contributed by atoms with Crippen molar-refractivity contribution in [3.05, 3.63) is 95.6 Å². The summed E-state index contributed by atoms with van der Waals surface area (Å²) in [6.45, 7) is 4.88. The summed E-state index contributed by atoms with van der Waals surface area (Å²) in [5.41, 5.74) is 5.16. The Kier molecular flexibility index (Phi) is 6.72. The molecule has 38 heavy (non-hydrogen) atoms. The number of amidine groups is 2. The van der Waals surface area contributed by atoms with Gasteiger partial charge < -0.3 is 9.80 Å². The molecule has 0 spiro atoms. The number of aliphatic imine (C=N–C) groups is 2. The standard InChI is InChI=1S/C30H29N5O2S/c1-21-11-13-22(14-12-21)20-38-30-32-25-10-6-5-9-24(25)28-31-26(29(37)35(28)30)19-27(36)34-17-15-33(16-18-34)23-7-3-2-4-8-23/h2-14,26H,15-20H2,1H3/t26-/m0/s1. The van der Waals surface area contributed by atoms with Crippen LogP contribution >= 0.6 is 11.8 Å². The second-order valence-corrected chi connectivity index (χ2v) is 10.7. The first-order chi connectivity index (χ1) is 18.6. The van der Waals surface area contributed by atoms with Crippen LogP contribution in [0.2, 0.25) is 0 Å². The molecule has 0 N–H and O–H groups in total. The van der Waals surface area contributed by atoms with Crippen molar-refractivity contribution in [2.24, 2.45) is 9.98 Å². The number of piperazine rings is 1. The Labute approximate surface area is 226 Å². The molecule has 3 aliphatic rings. The molecular formula is C30H29N5O2S. The highest BCUT2D eigenvalue weighted by Gasteiger charge is 2.42. The number of carbonyl (C=O) groups excluding carboxylic acids is 2. The van der Waals surface area contributed by atoms with Crippen molar-refractivity contribution in [2.45, 2.75) is 25.1 Å². The molecule has 0 unspecified atom stereocenters. The molecule has 3 aliphatic heterocycles. The van der Waals surface area contributed by atoms with Gasteiger partial charge in [-0.15, -0.1) is 0 Å². The zero-order valence-corrected chi connectivity index (χ0v) is 22.1. The number of amides is 2. The van der Waals surface area contributed by atoms with Crippen LogP contribution in [0.25, 0.3) is 0 Å². The van der Waals surface area contributed by atoms with Gasteiger partial charge in [0.2, 0.25) is 5.91 Å². The fraction of sp³-hybridized carbons (Fsp3) is 0.267. The second-order valence-electron chi connectivity index (χ2n) is 9.74. The lowest BCUT2D eigenvalue weighted by Crippen LogP contribution is -2.49. The molecule has 1 saturated heterocycles. The van der Waals surface area contributed by atoms with E-state index in [1.807, 2.05) is 47.4 Å². The predicted molar refractivity (Wildman–Crippen MR) is 153 cm³/mol. The molecule has 0 aromatic heterocycles. The molecule has 192 valence electrons. The lowest BCUT2D eigenvalue weighted by atomic mass is 10.1. The Hall–Kier alpha value is -3.91. The summed E-state index contributed by atoms with van der Waals surface area (Å²) in [5, 5.41) is 0.611. The summed E-state index contributed by atoms with van der Waals surface area (Å²) < 4.78 is 0. The Morgan fingerprint density at radius 1 is 0.921 bits per heavy atom. The normalized spacial score (nSPS) is 18.6. The summed E-state index contributed by atoms with van der Waals surface area (Å²) in [7, 11) is 0. The van der Waals surface area contributed by atoms with Crippen molar-refractivity contribution in [2.75, 3.05) is 31.1 Å². The summed E-state index contributed by atoms with van der Waals surface area (Å²) in [6, 6.07) is 25.6. The minimum Gasteiger partial charge on any atom is -0.368 e. The number of fused-ring (bicyclic) bond motifs is 3. The molecule has 6 rings (SSSR count). The van der Waals surface area contributed by atoms with Crippen molar-refractivity contribution in [1.82, 2.24) is 9.80 Å². The number of nitrogens with zero attached hydrogens (tertiary/aromatic N) is 5. The van der Waals surface area contributed by atoms with Gasteiger partial charge in [0.1, 0.15) is 11.9 Å². The summed E-state index contributed by atoms with van der Waals surface area (Å²) in [6.07, 6.45) is 0.0717. The van der Waals surface area contributed by atoms with E-state index in [0.29, 0.717) is 29.8 Å². The molecule has 3 heterocycles. The smallest absolute Gasteiger partial charge is 0.259 e. The van der Waals surface area contributed by atoms with Crippen LogP contribution in [0, 0.1) is 6.92 Å². The zero-order chi connectivity index (χ0) is 26.1. The molecule has 1 atom stereocenters. The monoisotopic (exact) mass is 523 g/mol. The van der Waals surface area contributed by atoms with Crippen LogP contribution in [0.3, 0.4) is 0 Å². The van der Waals surface area contributed by atoms with E-state index < -0.39 is 6.04 Å². The molecule has 0 aliphatic carbocycles. The lowest BCUT2D eigenvalue weighted by Gasteiger charge is -2.36. The molecule has 3 aromatic rings. The van der Waals surface area contributed by atoms with Gasteiger partial charge in [0.25, 0.3) is 5.91 Å². The van der Waals surface area contributed by atoms with E-state index in [1.54, 1.807) is 4.90 Å². The average Bonchev–Trinajstić information content (AvgIpc) is 3.29. The number of anilines is 1. The van der Waals surface area contributed by atoms with Crippen LogP contribution in [-0.2, 0) is 15.3 Å². The predicted octanol–water partition coefficient (Wildman–Crippen LogP) is 4.63. The fourth-order valence-corrected chi connectivity index (χ4v) is 5.97. The van der Waals surface area contributed by atoms with Crippen LogP contribution in [0.5, 0.6) is 0 Å². The van der Waals surface area contributed by atoms with Crippen molar-refractivity contribution < 1.29 is 9.59 Å². The van der Waals surface area contributed by atoms with Crippen LogP contribution in [-0.4, -0.2) is 64.8 Å². The summed E-state index contributed by atoms with van der Waals surface area (Å²) in [5.74, 6) is 1.08. The third kappa shape index (κ3) is 4.84. The number of aryl methyl sites for hydroxylation is 1. The third-order valence-corrected chi connectivity index (χ3v) is 8.17. The summed E-state index contributed by atoms with van der Waals surface area (Å²) >= 11 is 1.52. The third-order valence-electron chi connectivity index (χ3n) is 7.16. The highest BCUT2D eigenvalue weighted by Crippen LogP contribution is 2.35. The van der Waals surface area contributed by atoms with Gasteiger partial charge in [-0.1, -0.05) is 71.9 Å². The van der Waals surface area contributed by atoms with Crippen LogP contribution in [0.15, 0.2) is 88.8 Å². The topological polar surface area (TPSA) is 68.6 Å². The Morgan fingerprint density at radius 2 is 1.63 bits per heavy atom. The highest BCUT2D eigenvalue weighted by atomic mass is 32.2. The lowest BCUT2D eigenvalue weighted by molar-refractivity contribution is -0.135. The first-order valence-electron chi connectivity index (χ1n) is 12.9. The van der Waals surface area contributed by atoms with Crippen LogP contribution in [0.4, 0.5) is 11.4 Å². The SMILES string of the molecule is Cc1ccc(CSC2=Nc3ccccc3C3=N[C@@H](CC(=O)N4CCN(c5ccccc5)CC4)C(=O)N23)cc1. The number of hydrogen-bond donors (Lipinski definition) is 0. The molecule has 7 nitrogen and oxygen atoms in total. The van der Waals surface area contributed by atoms with E-state index in [4.69, 9.17) is 9.98 Å². The molecule has 8 heteroatoms. The van der Waals surface area contributed by atoms with E-state index in [0.717, 1.165) is 29.9 Å². The Bertz CT molecular complexity index is 1410. The van der Waals surface area contributed by atoms with Crippen LogP contribution in [0.1, 0.15) is 23.1 Å². The van der Waals surface area contributed by atoms with Gasteiger partial charge in [0.05, 0.1) is 12.1 Å². The molecule has 0 radical (unpaired) electrons. The van der Waals surface area contributed by atoms with E-state index in [-0.39, 0.29) is 18.2 Å². The van der Waals surface area contributed by atoms with Gasteiger partial charge in [-0.25, -0.2) is 9.89 Å². The van der Waals surface area contributed by atoms with Gasteiger partial charge in [-0.3, -0.25) is 14.6 Å². The van der Waals surface area contributed by atoms with E-state index >= 15 is 0 Å². The van der Waals surface area contributed by atoms with E-state index in [1.165, 1.54) is 23.0 Å². The number of hydrogen-bond acceptors (Lipinski definition) is 6. The van der Waals surface area contributed by atoms with Gasteiger partial charge >= 0.3 is 0 Å². The number of carbonyl (C=O) groups is 2. The van der Waals surface area contributed by atoms with Crippen molar-refractivity contribution in [3.63, 3.8) is 0 Å². The molecule has 0 saturated carbocycles. The Balaban J connectivity index is 1.16. The van der Waals surface area contributed by atoms with E-state index in [9.17, 15) is 9.59 Å². The maximum atomic E-state index is 13.6. The van der Waals surface area contributed by atoms with E-state index in [2.05, 4.69) is 48.2 Å². The quantitative estimate of drug-likeness (QED) is 0.489. The fourth-order valence-electron chi connectivity index (χ4n) is 5.01. The van der Waals surface area contributed by atoms with Gasteiger partial charge in [-0.05, 0) is 36.8 Å². The van der Waals surface area contributed by atoms with Crippen molar-refractivity contribution in [1.29, 1.82) is 0 Å². The van der Waals surface area contributed by atoms with Crippen molar-refractivity contribution in [3.8, 4) is 0 Å². The van der Waals surface area contributed by atoms with Gasteiger partial charge in [0.15, 0.2) is 5.17 Å². The molecule has 3 aromatic carbocycles. The number of thioether (sulfide) groups is 1. The highest BCUT2D eigenvalue weighted by molar-refractivity contribution is 8.13. The minimum atomic E-state index is -0.735. The number of benzene rings is 3. The van der Waals surface area contributed by atoms with Gasteiger partial charge in [-0.2, -0.15) is 0 Å². The first kappa shape index (κ1) is 24.4. The molecule has 2 amide bonds. The van der Waals surface area contributed by atoms with Crippen LogP contribution < -0.4 is 4.90 Å². The first-order valence-corrected chi connectivity index (χ1v) is 13.9. The largest absolute Gasteiger partial charge is 0.368 e. The minimum absolute atomic E-state index is 0.0284. The second kappa shape index (κ2) is 10.5.